The second-order valence-electron chi connectivity index (χ2n) is 4.44. The first-order valence-electron chi connectivity index (χ1n) is 4.53. The van der Waals surface area contributed by atoms with E-state index in [0.717, 1.165) is 0 Å². The molecule has 13 heavy (non-hydrogen) atoms. The van der Waals surface area contributed by atoms with E-state index in [0.29, 0.717) is 13.1 Å². The number of nitrogens with one attached hydrogen (secondary N) is 2. The van der Waals surface area contributed by atoms with E-state index in [9.17, 15) is 4.79 Å². The molecule has 1 heterocycles. The van der Waals surface area contributed by atoms with E-state index in [1.54, 1.807) is 7.05 Å². The molecule has 4 heteroatoms. The number of hydrogen-bond acceptors (Lipinski definition) is 4. The molecule has 0 aromatic rings. The molecule has 0 aromatic heterocycles. The predicted octanol–water partition coefficient (Wildman–Crippen LogP) is -0.111. The Morgan fingerprint density at radius 1 is 1.46 bits per heavy atom. The van der Waals surface area contributed by atoms with Gasteiger partial charge in [0.05, 0.1) is 0 Å². The minimum absolute atomic E-state index is 0.166. The van der Waals surface area contributed by atoms with Gasteiger partial charge in [-0.2, -0.15) is 0 Å². The molecule has 0 amide bonds. The highest BCUT2D eigenvalue weighted by molar-refractivity contribution is 5.83. The van der Waals surface area contributed by atoms with Crippen molar-refractivity contribution >= 4 is 5.97 Å². The Labute approximate surface area is 79.0 Å². The topological polar surface area (TPSA) is 50.4 Å². The van der Waals surface area contributed by atoms with Crippen LogP contribution >= 0.6 is 0 Å². The number of likely N-dealkylation sites (N-methyl/N-ethyl adjacent to an activating group) is 1. The zero-order valence-corrected chi connectivity index (χ0v) is 8.73. The molecular weight excluding hydrogens is 168 g/mol. The molecule has 76 valence electrons. The highest BCUT2D eigenvalue weighted by atomic mass is 16.6. The van der Waals surface area contributed by atoms with E-state index in [1.165, 1.54) is 0 Å². The Hall–Kier alpha value is -0.610. The maximum absolute atomic E-state index is 11.7. The van der Waals surface area contributed by atoms with Gasteiger partial charge in [-0.3, -0.25) is 0 Å². The molecule has 2 N–H and O–H groups in total. The lowest BCUT2D eigenvalue weighted by Gasteiger charge is -2.41. The van der Waals surface area contributed by atoms with E-state index in [4.69, 9.17) is 4.74 Å². The highest BCUT2D eigenvalue weighted by Gasteiger charge is 2.45. The van der Waals surface area contributed by atoms with Crippen LogP contribution in [0.3, 0.4) is 0 Å². The van der Waals surface area contributed by atoms with Crippen molar-refractivity contribution in [2.24, 2.45) is 0 Å². The van der Waals surface area contributed by atoms with Gasteiger partial charge in [0.15, 0.2) is 0 Å². The monoisotopic (exact) mass is 186 g/mol. The molecule has 1 rings (SSSR count). The summed E-state index contributed by atoms with van der Waals surface area (Å²) in [6.45, 7) is 6.93. The van der Waals surface area contributed by atoms with Crippen molar-refractivity contribution in [3.63, 3.8) is 0 Å². The van der Waals surface area contributed by atoms with Gasteiger partial charge in [0.25, 0.3) is 0 Å². The molecule has 0 spiro atoms. The molecule has 0 saturated carbocycles. The average molecular weight is 186 g/mol. The lowest BCUT2D eigenvalue weighted by atomic mass is 9.92. The molecule has 1 aliphatic rings. The van der Waals surface area contributed by atoms with Crippen molar-refractivity contribution in [3.8, 4) is 0 Å². The van der Waals surface area contributed by atoms with Crippen LogP contribution in [0, 0.1) is 0 Å². The summed E-state index contributed by atoms with van der Waals surface area (Å²) >= 11 is 0. The van der Waals surface area contributed by atoms with Gasteiger partial charge >= 0.3 is 5.97 Å². The van der Waals surface area contributed by atoms with E-state index in [1.807, 2.05) is 20.8 Å². The van der Waals surface area contributed by atoms with Gasteiger partial charge in [-0.25, -0.2) is 4.79 Å². The smallest absolute Gasteiger partial charge is 0.329 e. The van der Waals surface area contributed by atoms with E-state index in [-0.39, 0.29) is 5.97 Å². The number of rotatable bonds is 2. The normalized spacial score (nSPS) is 20.6. The van der Waals surface area contributed by atoms with Crippen molar-refractivity contribution in [1.29, 1.82) is 0 Å². The van der Waals surface area contributed by atoms with Gasteiger partial charge in [-0.15, -0.1) is 0 Å². The molecule has 0 radical (unpaired) electrons. The van der Waals surface area contributed by atoms with Crippen LogP contribution in [0.25, 0.3) is 0 Å². The summed E-state index contributed by atoms with van der Waals surface area (Å²) < 4.78 is 5.29. The van der Waals surface area contributed by atoms with Crippen molar-refractivity contribution in [2.75, 3.05) is 20.1 Å². The van der Waals surface area contributed by atoms with Crippen LogP contribution in [0.1, 0.15) is 20.8 Å². The summed E-state index contributed by atoms with van der Waals surface area (Å²) in [7, 11) is 1.78. The van der Waals surface area contributed by atoms with Gasteiger partial charge in [0.1, 0.15) is 11.1 Å². The molecular formula is C9H18N2O2. The second-order valence-corrected chi connectivity index (χ2v) is 4.44. The lowest BCUT2D eigenvalue weighted by Crippen LogP contribution is -2.72. The Balaban J connectivity index is 2.56. The summed E-state index contributed by atoms with van der Waals surface area (Å²) in [5.74, 6) is -0.166. The molecule has 0 aliphatic carbocycles. The molecule has 0 unspecified atom stereocenters. The highest BCUT2D eigenvalue weighted by Crippen LogP contribution is 2.17. The molecule has 0 bridgehead atoms. The summed E-state index contributed by atoms with van der Waals surface area (Å²) in [6, 6.07) is 0. The zero-order chi connectivity index (χ0) is 10.1. The predicted molar refractivity (Wildman–Crippen MR) is 50.5 cm³/mol. The maximum Gasteiger partial charge on any atom is 0.329 e. The third kappa shape index (κ3) is 2.19. The number of carbonyl (C=O) groups is 1. The molecule has 1 fully saturated rings. The molecule has 4 nitrogen and oxygen atoms in total. The Bertz CT molecular complexity index is 199. The van der Waals surface area contributed by atoms with Crippen LogP contribution in [0.5, 0.6) is 0 Å². The SMILES string of the molecule is CNC1(C(=O)OC(C)(C)C)CNC1. The van der Waals surface area contributed by atoms with E-state index < -0.39 is 11.1 Å². The Morgan fingerprint density at radius 3 is 2.23 bits per heavy atom. The summed E-state index contributed by atoms with van der Waals surface area (Å²) in [6.07, 6.45) is 0. The standard InChI is InChI=1S/C9H18N2O2/c1-8(2,3)13-7(12)9(10-4)5-11-6-9/h10-11H,5-6H2,1-4H3. The van der Waals surface area contributed by atoms with E-state index in [2.05, 4.69) is 10.6 Å². The van der Waals surface area contributed by atoms with Crippen molar-refractivity contribution in [2.45, 2.75) is 31.9 Å². The first-order chi connectivity index (χ1) is 5.90. The van der Waals surface area contributed by atoms with Crippen molar-refractivity contribution < 1.29 is 9.53 Å². The van der Waals surface area contributed by atoms with Crippen molar-refractivity contribution in [1.82, 2.24) is 10.6 Å². The van der Waals surface area contributed by atoms with Crippen LogP contribution < -0.4 is 10.6 Å². The summed E-state index contributed by atoms with van der Waals surface area (Å²) in [5, 5.41) is 6.06. The number of ether oxygens (including phenoxy) is 1. The number of hydrogen-bond donors (Lipinski definition) is 2. The third-order valence-corrected chi connectivity index (χ3v) is 2.12. The van der Waals surface area contributed by atoms with Crippen LogP contribution in [0.2, 0.25) is 0 Å². The molecule has 0 aromatic carbocycles. The largest absolute Gasteiger partial charge is 0.459 e. The van der Waals surface area contributed by atoms with Gasteiger partial charge in [-0.1, -0.05) is 0 Å². The average Bonchev–Trinajstić information content (AvgIpc) is 1.80. The number of carbonyl (C=O) groups excluding carboxylic acids is 1. The molecule has 1 aliphatic heterocycles. The lowest BCUT2D eigenvalue weighted by molar-refractivity contribution is -0.165. The van der Waals surface area contributed by atoms with Gasteiger partial charge in [0.2, 0.25) is 0 Å². The van der Waals surface area contributed by atoms with Crippen LogP contribution in [-0.2, 0) is 9.53 Å². The van der Waals surface area contributed by atoms with Crippen molar-refractivity contribution in [3.05, 3.63) is 0 Å². The molecule has 0 atom stereocenters. The van der Waals surface area contributed by atoms with E-state index >= 15 is 0 Å². The maximum atomic E-state index is 11.7. The number of esters is 1. The minimum atomic E-state index is -0.493. The fraction of sp³-hybridized carbons (Fsp3) is 0.889. The van der Waals surface area contributed by atoms with Crippen LogP contribution in [0.15, 0.2) is 0 Å². The van der Waals surface area contributed by atoms with Gasteiger partial charge in [0, 0.05) is 13.1 Å². The molecule has 1 saturated heterocycles. The fourth-order valence-electron chi connectivity index (χ4n) is 1.17. The zero-order valence-electron chi connectivity index (χ0n) is 8.73. The fourth-order valence-corrected chi connectivity index (χ4v) is 1.17. The quantitative estimate of drug-likeness (QED) is 0.591. The van der Waals surface area contributed by atoms with Crippen LogP contribution in [0.4, 0.5) is 0 Å². The van der Waals surface area contributed by atoms with Gasteiger partial charge in [-0.05, 0) is 27.8 Å². The van der Waals surface area contributed by atoms with Crippen LogP contribution in [-0.4, -0.2) is 37.2 Å². The summed E-state index contributed by atoms with van der Waals surface area (Å²) in [5.41, 5.74) is -0.899. The minimum Gasteiger partial charge on any atom is -0.459 e. The first kappa shape index (κ1) is 10.5. The Morgan fingerprint density at radius 2 is 2.00 bits per heavy atom. The third-order valence-electron chi connectivity index (χ3n) is 2.12. The summed E-state index contributed by atoms with van der Waals surface area (Å²) in [4.78, 5) is 11.7. The second kappa shape index (κ2) is 3.27. The Kier molecular flexibility index (Phi) is 2.63. The van der Waals surface area contributed by atoms with Gasteiger partial charge < -0.3 is 15.4 Å². The first-order valence-corrected chi connectivity index (χ1v) is 4.53.